The molecule has 0 bridgehead atoms. The van der Waals surface area contributed by atoms with Gasteiger partial charge in [0.1, 0.15) is 10.1 Å². The van der Waals surface area contributed by atoms with Gasteiger partial charge in [-0.05, 0) is 48.3 Å². The van der Waals surface area contributed by atoms with Gasteiger partial charge in [0.2, 0.25) is 0 Å². The Morgan fingerprint density at radius 3 is 1.87 bits per heavy atom. The Kier molecular flexibility index (Phi) is 20.8. The van der Waals surface area contributed by atoms with E-state index >= 15 is 0 Å². The quantitative estimate of drug-likeness (QED) is 0.109. The van der Waals surface area contributed by atoms with Crippen LogP contribution in [0.25, 0.3) is 10.8 Å². The number of rotatable bonds is 18. The van der Waals surface area contributed by atoms with Gasteiger partial charge in [0.05, 0.1) is 19.6 Å². The molecule has 46 heavy (non-hydrogen) atoms. The minimum Gasteiger partial charge on any atom is -0.747 e. The molecule has 0 radical (unpaired) electrons. The van der Waals surface area contributed by atoms with Gasteiger partial charge in [0.15, 0.2) is 5.25 Å². The van der Waals surface area contributed by atoms with E-state index in [1.165, 1.54) is 10.8 Å². The molecule has 0 aromatic heterocycles. The third kappa shape index (κ3) is 15.4. The first-order valence-electron chi connectivity index (χ1n) is 16.2. The van der Waals surface area contributed by atoms with Gasteiger partial charge in [0.25, 0.3) is 0 Å². The first-order chi connectivity index (χ1) is 21.6. The zero-order valence-corrected chi connectivity index (χ0v) is 31.0. The van der Waals surface area contributed by atoms with Crippen LogP contribution in [0.1, 0.15) is 85.5 Å². The van der Waals surface area contributed by atoms with Crippen molar-refractivity contribution in [3.8, 4) is 0 Å². The van der Waals surface area contributed by atoms with Crippen LogP contribution >= 0.6 is 0 Å². The summed E-state index contributed by atoms with van der Waals surface area (Å²) in [5, 5.41) is 3.90. The van der Waals surface area contributed by atoms with E-state index < -0.39 is 33.7 Å². The van der Waals surface area contributed by atoms with Crippen molar-refractivity contribution in [2.75, 3.05) is 18.5 Å². The summed E-state index contributed by atoms with van der Waals surface area (Å²) in [5.74, 6) is -1.74. The second-order valence-corrected chi connectivity index (χ2v) is 12.9. The normalized spacial score (nSPS) is 12.9. The monoisotopic (exact) mass is 663 g/mol. The van der Waals surface area contributed by atoms with Crippen LogP contribution in [0.4, 0.5) is 11.4 Å². The van der Waals surface area contributed by atoms with E-state index in [-0.39, 0.29) is 54.6 Å². The molecule has 0 aliphatic carbocycles. The average molecular weight is 664 g/mol. The molecule has 3 atom stereocenters. The predicted octanol–water partition coefficient (Wildman–Crippen LogP) is 5.40. The van der Waals surface area contributed by atoms with Crippen LogP contribution in [0.3, 0.4) is 0 Å². The molecule has 248 valence electrons. The summed E-state index contributed by atoms with van der Waals surface area (Å²) >= 11 is 0. The number of carbonyl (C=O) groups is 2. The summed E-state index contributed by atoms with van der Waals surface area (Å²) in [6.45, 7) is 8.26. The van der Waals surface area contributed by atoms with Crippen molar-refractivity contribution in [1.82, 2.24) is 0 Å². The van der Waals surface area contributed by atoms with E-state index in [0.29, 0.717) is 0 Å². The van der Waals surface area contributed by atoms with Gasteiger partial charge in [0, 0.05) is 16.8 Å². The smallest absolute Gasteiger partial charge is 0.747 e. The van der Waals surface area contributed by atoms with Gasteiger partial charge in [-0.2, -0.15) is 0 Å². The van der Waals surface area contributed by atoms with Crippen LogP contribution in [-0.4, -0.2) is 43.4 Å². The van der Waals surface area contributed by atoms with E-state index in [1.807, 2.05) is 32.0 Å². The summed E-state index contributed by atoms with van der Waals surface area (Å²) in [6, 6.07) is 25.0. The first-order valence-corrected chi connectivity index (χ1v) is 17.7. The third-order valence-electron chi connectivity index (χ3n) is 7.83. The number of hydrogen-bond acceptors (Lipinski definition) is 8. The number of carbonyl (C=O) groups excluding carboxylic acids is 2. The Morgan fingerprint density at radius 1 is 0.761 bits per heavy atom. The van der Waals surface area contributed by atoms with Crippen molar-refractivity contribution < 1.29 is 61.6 Å². The Balaban J connectivity index is 0.000000496. The summed E-state index contributed by atoms with van der Waals surface area (Å²) in [6.07, 6.45) is 6.58. The van der Waals surface area contributed by atoms with Gasteiger partial charge in [-0.15, -0.1) is 0 Å². The fraction of sp³-hybridized carbons (Fsp3) is 0.500. The van der Waals surface area contributed by atoms with E-state index in [4.69, 9.17) is 9.47 Å². The maximum absolute atomic E-state index is 12.1. The van der Waals surface area contributed by atoms with Crippen LogP contribution < -0.4 is 34.9 Å². The molecular formula is C36H50NNaO7S. The molecule has 0 spiro atoms. The molecule has 0 amide bonds. The number of para-hydroxylation sites is 1. The Labute approximate surface area is 298 Å². The van der Waals surface area contributed by atoms with Crippen molar-refractivity contribution in [3.63, 3.8) is 0 Å². The number of benzene rings is 3. The standard InChI is InChI=1S/C20H38O7S.C16H13N.Na/c1-5-9-11-16(7-3)14-26-19(21)13-18(28(23,24)25)20(22)27-15-17(8-4)12-10-6-2;1-2-9-14(10-3-1)17-16-12-6-8-13-7-4-5-11-15(13)16;/h16-18H,5-15H2,1-4H3,(H,23,24,25);1-12,17H;/q;;+1/p-1. The molecule has 0 aliphatic rings. The molecule has 10 heteroatoms. The van der Waals surface area contributed by atoms with Crippen LogP contribution in [0.2, 0.25) is 0 Å². The Morgan fingerprint density at radius 2 is 1.30 bits per heavy atom. The summed E-state index contributed by atoms with van der Waals surface area (Å²) < 4.78 is 44.6. The van der Waals surface area contributed by atoms with Crippen molar-refractivity contribution in [2.45, 2.75) is 90.7 Å². The van der Waals surface area contributed by atoms with Crippen molar-refractivity contribution in [1.29, 1.82) is 0 Å². The third-order valence-corrected chi connectivity index (χ3v) is 8.89. The number of fused-ring (bicyclic) bond motifs is 1. The molecule has 3 rings (SSSR count). The van der Waals surface area contributed by atoms with Crippen molar-refractivity contribution in [2.24, 2.45) is 11.8 Å². The van der Waals surface area contributed by atoms with Gasteiger partial charge in [-0.3, -0.25) is 9.59 Å². The summed E-state index contributed by atoms with van der Waals surface area (Å²) in [7, 11) is -5.01. The minimum atomic E-state index is -5.01. The molecule has 0 saturated heterocycles. The van der Waals surface area contributed by atoms with Gasteiger partial charge in [-0.25, -0.2) is 8.42 Å². The molecule has 8 nitrogen and oxygen atoms in total. The molecule has 1 N–H and O–H groups in total. The second kappa shape index (κ2) is 23.0. The molecule has 0 heterocycles. The van der Waals surface area contributed by atoms with Crippen LogP contribution in [0, 0.1) is 11.8 Å². The zero-order valence-electron chi connectivity index (χ0n) is 28.2. The topological polar surface area (TPSA) is 122 Å². The molecule has 0 fully saturated rings. The van der Waals surface area contributed by atoms with E-state index in [9.17, 15) is 22.6 Å². The number of anilines is 2. The molecule has 3 unspecified atom stereocenters. The number of hydrogen-bond donors (Lipinski definition) is 1. The van der Waals surface area contributed by atoms with Crippen LogP contribution in [0.15, 0.2) is 72.8 Å². The largest absolute Gasteiger partial charge is 1.00 e. The predicted molar refractivity (Wildman–Crippen MR) is 180 cm³/mol. The van der Waals surface area contributed by atoms with E-state index in [2.05, 4.69) is 73.8 Å². The average Bonchev–Trinajstić information content (AvgIpc) is 3.04. The van der Waals surface area contributed by atoms with Gasteiger partial charge in [-0.1, -0.05) is 121 Å². The van der Waals surface area contributed by atoms with E-state index in [1.54, 1.807) is 0 Å². The maximum atomic E-state index is 12.1. The number of unbranched alkanes of at least 4 members (excludes halogenated alkanes) is 2. The van der Waals surface area contributed by atoms with E-state index in [0.717, 1.165) is 62.7 Å². The molecule has 0 aliphatic heterocycles. The summed E-state index contributed by atoms with van der Waals surface area (Å²) in [5.41, 5.74) is 2.26. The fourth-order valence-electron chi connectivity index (χ4n) is 4.82. The van der Waals surface area contributed by atoms with Crippen LogP contribution in [-0.2, 0) is 29.2 Å². The zero-order chi connectivity index (χ0) is 33.1. The molecule has 0 saturated carbocycles. The van der Waals surface area contributed by atoms with Crippen LogP contribution in [0.5, 0.6) is 0 Å². The van der Waals surface area contributed by atoms with Crippen molar-refractivity contribution >= 4 is 44.2 Å². The number of nitrogens with one attached hydrogen (secondary N) is 1. The van der Waals surface area contributed by atoms with Crippen molar-refractivity contribution in [3.05, 3.63) is 72.8 Å². The number of esters is 2. The summed E-state index contributed by atoms with van der Waals surface area (Å²) in [4.78, 5) is 24.1. The first kappa shape index (κ1) is 41.6. The maximum Gasteiger partial charge on any atom is 1.00 e. The second-order valence-electron chi connectivity index (χ2n) is 11.3. The molecule has 3 aromatic rings. The molecular weight excluding hydrogens is 613 g/mol. The fourth-order valence-corrected chi connectivity index (χ4v) is 5.47. The minimum absolute atomic E-state index is 0. The Bertz CT molecular complexity index is 1400. The van der Waals surface area contributed by atoms with Gasteiger partial charge < -0.3 is 19.3 Å². The Hall–Kier alpha value is -2.43. The molecule has 3 aromatic carbocycles. The SMILES string of the molecule is CCCCC(CC)COC(=O)CC(C(=O)OCC(CC)CCCC)S(=O)(=O)[O-].[Na+].c1ccc(Nc2cccc3ccccc23)cc1. The number of ether oxygens (including phenoxy) is 2. The van der Waals surface area contributed by atoms with Gasteiger partial charge >= 0.3 is 41.5 Å².